The predicted octanol–water partition coefficient (Wildman–Crippen LogP) is 4.91. The lowest BCUT2D eigenvalue weighted by atomic mass is 10.1. The molecule has 1 fully saturated rings. The van der Waals surface area contributed by atoms with Crippen LogP contribution in [0.1, 0.15) is 29.5 Å². The van der Waals surface area contributed by atoms with Gasteiger partial charge in [-0.2, -0.15) is 0 Å². The summed E-state index contributed by atoms with van der Waals surface area (Å²) in [5.41, 5.74) is 3.11. The molecule has 180 valence electrons. The Hall–Kier alpha value is -3.77. The standard InChI is InChI=1S/C29H29FN2O3/c30-25-9-4-8-24(18-25)21-32(29(34)16-13-22-6-2-1-3-7-22)26-14-11-23(12-15-26)19-28(33)31-20-27-10-5-17-35-27/h1-4,6-9,11-16,18,27H,5,10,17,19-21H2,(H,31,33)/b16-13+. The lowest BCUT2D eigenvalue weighted by molar-refractivity contribution is -0.121. The van der Waals surface area contributed by atoms with Crippen LogP contribution < -0.4 is 10.2 Å². The second-order valence-corrected chi connectivity index (χ2v) is 8.58. The van der Waals surface area contributed by atoms with E-state index in [0.29, 0.717) is 17.8 Å². The number of hydrogen-bond acceptors (Lipinski definition) is 3. The van der Waals surface area contributed by atoms with Gasteiger partial charge in [0.1, 0.15) is 5.82 Å². The molecule has 1 unspecified atom stereocenters. The summed E-state index contributed by atoms with van der Waals surface area (Å²) in [6.45, 7) is 1.50. The van der Waals surface area contributed by atoms with Crippen molar-refractivity contribution in [2.45, 2.75) is 31.9 Å². The number of anilines is 1. The summed E-state index contributed by atoms with van der Waals surface area (Å²) >= 11 is 0. The molecule has 0 aliphatic carbocycles. The molecule has 1 aliphatic rings. The molecule has 1 heterocycles. The summed E-state index contributed by atoms with van der Waals surface area (Å²) in [5, 5.41) is 2.93. The SMILES string of the molecule is O=C(Cc1ccc(N(Cc2cccc(F)c2)C(=O)/C=C/c2ccccc2)cc1)NCC1CCCO1. The van der Waals surface area contributed by atoms with Crippen LogP contribution in [-0.4, -0.2) is 31.1 Å². The second-order valence-electron chi connectivity index (χ2n) is 8.58. The number of hydrogen-bond donors (Lipinski definition) is 1. The fourth-order valence-electron chi connectivity index (χ4n) is 4.01. The van der Waals surface area contributed by atoms with E-state index >= 15 is 0 Å². The minimum Gasteiger partial charge on any atom is -0.376 e. The van der Waals surface area contributed by atoms with Gasteiger partial charge in [-0.25, -0.2) is 4.39 Å². The van der Waals surface area contributed by atoms with Crippen LogP contribution in [-0.2, 0) is 27.3 Å². The third kappa shape index (κ3) is 7.36. The Morgan fingerprint density at radius 3 is 2.51 bits per heavy atom. The highest BCUT2D eigenvalue weighted by molar-refractivity contribution is 6.03. The van der Waals surface area contributed by atoms with Crippen LogP contribution in [0.15, 0.2) is 84.9 Å². The molecule has 4 rings (SSSR count). The highest BCUT2D eigenvalue weighted by Gasteiger charge is 2.17. The number of benzene rings is 3. The van der Waals surface area contributed by atoms with Gasteiger partial charge in [0, 0.05) is 24.9 Å². The van der Waals surface area contributed by atoms with Crippen LogP contribution in [0.4, 0.5) is 10.1 Å². The summed E-state index contributed by atoms with van der Waals surface area (Å²) < 4.78 is 19.3. The molecular formula is C29H29FN2O3. The number of carbonyl (C=O) groups excluding carboxylic acids is 2. The maximum absolute atomic E-state index is 13.8. The number of amides is 2. The van der Waals surface area contributed by atoms with Crippen molar-refractivity contribution in [3.05, 3.63) is 107 Å². The average Bonchev–Trinajstić information content (AvgIpc) is 3.40. The largest absolute Gasteiger partial charge is 0.376 e. The van der Waals surface area contributed by atoms with Gasteiger partial charge in [0.2, 0.25) is 5.91 Å². The number of nitrogens with zero attached hydrogens (tertiary/aromatic N) is 1. The first-order chi connectivity index (χ1) is 17.1. The quantitative estimate of drug-likeness (QED) is 0.450. The summed E-state index contributed by atoms with van der Waals surface area (Å²) in [4.78, 5) is 27.1. The molecule has 2 amide bonds. The molecule has 0 spiro atoms. The van der Waals surface area contributed by atoms with Gasteiger partial charge >= 0.3 is 0 Å². The Morgan fingerprint density at radius 2 is 1.80 bits per heavy atom. The molecule has 3 aromatic carbocycles. The summed E-state index contributed by atoms with van der Waals surface area (Å²) in [7, 11) is 0. The minimum absolute atomic E-state index is 0.0632. The van der Waals surface area contributed by atoms with E-state index in [-0.39, 0.29) is 36.7 Å². The first kappa shape index (κ1) is 24.4. The van der Waals surface area contributed by atoms with Crippen molar-refractivity contribution < 1.29 is 18.7 Å². The monoisotopic (exact) mass is 472 g/mol. The number of ether oxygens (including phenoxy) is 1. The van der Waals surface area contributed by atoms with Crippen molar-refractivity contribution in [2.75, 3.05) is 18.1 Å². The topological polar surface area (TPSA) is 58.6 Å². The molecular weight excluding hydrogens is 443 g/mol. The van der Waals surface area contributed by atoms with Crippen molar-refractivity contribution in [1.82, 2.24) is 5.32 Å². The first-order valence-corrected chi connectivity index (χ1v) is 11.8. The van der Waals surface area contributed by atoms with Gasteiger partial charge in [-0.3, -0.25) is 9.59 Å². The highest BCUT2D eigenvalue weighted by Crippen LogP contribution is 2.20. The minimum atomic E-state index is -0.348. The molecule has 5 nitrogen and oxygen atoms in total. The van der Waals surface area contributed by atoms with Crippen LogP contribution >= 0.6 is 0 Å². The van der Waals surface area contributed by atoms with Gasteiger partial charge in [-0.05, 0) is 59.9 Å². The van der Waals surface area contributed by atoms with Crippen LogP contribution in [0, 0.1) is 5.82 Å². The zero-order chi connectivity index (χ0) is 24.5. The molecule has 0 saturated carbocycles. The Bertz CT molecular complexity index is 1160. The predicted molar refractivity (Wildman–Crippen MR) is 135 cm³/mol. The van der Waals surface area contributed by atoms with Gasteiger partial charge in [0.15, 0.2) is 0 Å². The molecule has 3 aromatic rings. The highest BCUT2D eigenvalue weighted by atomic mass is 19.1. The fourth-order valence-corrected chi connectivity index (χ4v) is 4.01. The van der Waals surface area contributed by atoms with Crippen molar-refractivity contribution in [2.24, 2.45) is 0 Å². The van der Waals surface area contributed by atoms with Gasteiger partial charge in [0.05, 0.1) is 19.1 Å². The second kappa shape index (κ2) is 12.1. The molecule has 1 saturated heterocycles. The molecule has 0 aromatic heterocycles. The van der Waals surface area contributed by atoms with Crippen LogP contribution in [0.2, 0.25) is 0 Å². The van der Waals surface area contributed by atoms with Crippen molar-refractivity contribution in [3.63, 3.8) is 0 Å². The average molecular weight is 473 g/mol. The lowest BCUT2D eigenvalue weighted by Gasteiger charge is -2.22. The fraction of sp³-hybridized carbons (Fsp3) is 0.241. The molecule has 1 atom stereocenters. The Labute approximate surface area is 205 Å². The third-order valence-electron chi connectivity index (χ3n) is 5.88. The van der Waals surface area contributed by atoms with E-state index in [1.807, 2.05) is 54.6 Å². The van der Waals surface area contributed by atoms with Gasteiger partial charge in [0.25, 0.3) is 5.91 Å². The Morgan fingerprint density at radius 1 is 1.00 bits per heavy atom. The van der Waals surface area contributed by atoms with Gasteiger partial charge in [-0.1, -0.05) is 54.6 Å². The summed E-state index contributed by atoms with van der Waals surface area (Å²) in [6.07, 6.45) is 5.64. The molecule has 1 aliphatic heterocycles. The van der Waals surface area contributed by atoms with E-state index in [9.17, 15) is 14.0 Å². The molecule has 35 heavy (non-hydrogen) atoms. The van der Waals surface area contributed by atoms with E-state index in [1.54, 1.807) is 23.1 Å². The maximum Gasteiger partial charge on any atom is 0.251 e. The number of carbonyl (C=O) groups is 2. The number of rotatable bonds is 9. The van der Waals surface area contributed by atoms with E-state index < -0.39 is 0 Å². The first-order valence-electron chi connectivity index (χ1n) is 11.8. The number of nitrogens with one attached hydrogen (secondary N) is 1. The van der Waals surface area contributed by atoms with E-state index in [4.69, 9.17) is 4.74 Å². The third-order valence-corrected chi connectivity index (χ3v) is 5.88. The van der Waals surface area contributed by atoms with Crippen molar-refractivity contribution in [3.8, 4) is 0 Å². The van der Waals surface area contributed by atoms with Gasteiger partial charge in [-0.15, -0.1) is 0 Å². The van der Waals surface area contributed by atoms with Gasteiger partial charge < -0.3 is 15.0 Å². The van der Waals surface area contributed by atoms with E-state index in [1.165, 1.54) is 18.2 Å². The van der Waals surface area contributed by atoms with Crippen molar-refractivity contribution >= 4 is 23.6 Å². The van der Waals surface area contributed by atoms with Crippen molar-refractivity contribution in [1.29, 1.82) is 0 Å². The van der Waals surface area contributed by atoms with Crippen LogP contribution in [0.5, 0.6) is 0 Å². The Balaban J connectivity index is 1.46. The number of halogens is 1. The molecule has 1 N–H and O–H groups in total. The van der Waals surface area contributed by atoms with E-state index in [2.05, 4.69) is 5.32 Å². The Kier molecular flexibility index (Phi) is 8.41. The summed E-state index contributed by atoms with van der Waals surface area (Å²) in [6, 6.07) is 23.1. The van der Waals surface area contributed by atoms with Crippen LogP contribution in [0.3, 0.4) is 0 Å². The maximum atomic E-state index is 13.8. The van der Waals surface area contributed by atoms with E-state index in [0.717, 1.165) is 30.6 Å². The zero-order valence-electron chi connectivity index (χ0n) is 19.5. The molecule has 6 heteroatoms. The smallest absolute Gasteiger partial charge is 0.251 e. The molecule has 0 bridgehead atoms. The molecule has 0 radical (unpaired) electrons. The normalized spacial score (nSPS) is 15.3. The lowest BCUT2D eigenvalue weighted by Crippen LogP contribution is -2.32. The zero-order valence-corrected chi connectivity index (χ0v) is 19.5. The van der Waals surface area contributed by atoms with Crippen LogP contribution in [0.25, 0.3) is 6.08 Å². The summed E-state index contributed by atoms with van der Waals surface area (Å²) in [5.74, 6) is -0.633.